The zero-order valence-corrected chi connectivity index (χ0v) is 11.0. The maximum atomic E-state index is 5.71. The molecule has 4 heteroatoms. The van der Waals surface area contributed by atoms with Crippen LogP contribution in [0.5, 0.6) is 0 Å². The monoisotopic (exact) mass is 242 g/mol. The van der Waals surface area contributed by atoms with E-state index in [-0.39, 0.29) is 0 Å². The zero-order chi connectivity index (χ0) is 13.1. The fourth-order valence-corrected chi connectivity index (χ4v) is 1.99. The summed E-state index contributed by atoms with van der Waals surface area (Å²) in [6, 6.07) is 10.3. The predicted molar refractivity (Wildman–Crippen MR) is 75.0 cm³/mol. The molecule has 1 aromatic heterocycles. The Hall–Kier alpha value is -2.10. The highest BCUT2D eigenvalue weighted by Crippen LogP contribution is 2.24. The van der Waals surface area contributed by atoms with Crippen molar-refractivity contribution in [1.29, 1.82) is 0 Å². The first-order valence-electron chi connectivity index (χ1n) is 6.05. The fourth-order valence-electron chi connectivity index (χ4n) is 1.99. The number of rotatable bonds is 3. The third kappa shape index (κ3) is 2.59. The summed E-state index contributed by atoms with van der Waals surface area (Å²) >= 11 is 0. The Morgan fingerprint density at radius 1 is 1.17 bits per heavy atom. The molecule has 1 aromatic carbocycles. The van der Waals surface area contributed by atoms with Crippen LogP contribution in [0, 0.1) is 13.8 Å². The van der Waals surface area contributed by atoms with Gasteiger partial charge in [0.25, 0.3) is 0 Å². The van der Waals surface area contributed by atoms with Gasteiger partial charge in [-0.25, -0.2) is 4.98 Å². The molecule has 4 nitrogen and oxygen atoms in total. The van der Waals surface area contributed by atoms with E-state index in [0.29, 0.717) is 5.95 Å². The molecule has 0 saturated carbocycles. The van der Waals surface area contributed by atoms with Crippen LogP contribution in [0.2, 0.25) is 0 Å². The van der Waals surface area contributed by atoms with Crippen LogP contribution in [0.15, 0.2) is 30.3 Å². The van der Waals surface area contributed by atoms with Gasteiger partial charge in [0, 0.05) is 24.0 Å². The first-order chi connectivity index (χ1) is 8.60. The second-order valence-corrected chi connectivity index (χ2v) is 4.31. The largest absolute Gasteiger partial charge is 0.368 e. The summed E-state index contributed by atoms with van der Waals surface area (Å²) < 4.78 is 0. The Balaban J connectivity index is 2.45. The summed E-state index contributed by atoms with van der Waals surface area (Å²) in [5, 5.41) is 0. The van der Waals surface area contributed by atoms with E-state index in [2.05, 4.69) is 46.9 Å². The number of hydrogen-bond donors (Lipinski definition) is 1. The Morgan fingerprint density at radius 3 is 2.56 bits per heavy atom. The summed E-state index contributed by atoms with van der Waals surface area (Å²) in [6.45, 7) is 6.93. The van der Waals surface area contributed by atoms with Crippen molar-refractivity contribution >= 4 is 17.5 Å². The summed E-state index contributed by atoms with van der Waals surface area (Å²) in [5.41, 5.74) is 8.94. The molecule has 0 radical (unpaired) electrons. The second kappa shape index (κ2) is 5.04. The van der Waals surface area contributed by atoms with Crippen molar-refractivity contribution in [3.63, 3.8) is 0 Å². The van der Waals surface area contributed by atoms with Crippen molar-refractivity contribution in [3.8, 4) is 0 Å². The van der Waals surface area contributed by atoms with Gasteiger partial charge in [0.1, 0.15) is 5.82 Å². The van der Waals surface area contributed by atoms with Gasteiger partial charge in [-0.05, 0) is 38.5 Å². The highest BCUT2D eigenvalue weighted by Gasteiger charge is 2.10. The molecule has 0 amide bonds. The Morgan fingerprint density at radius 2 is 1.94 bits per heavy atom. The molecule has 0 aliphatic rings. The van der Waals surface area contributed by atoms with Gasteiger partial charge < -0.3 is 10.6 Å². The van der Waals surface area contributed by atoms with Crippen molar-refractivity contribution < 1.29 is 0 Å². The molecule has 0 saturated heterocycles. The lowest BCUT2D eigenvalue weighted by Crippen LogP contribution is -2.18. The van der Waals surface area contributed by atoms with Gasteiger partial charge in [0.15, 0.2) is 0 Å². The summed E-state index contributed by atoms with van der Waals surface area (Å²) in [6.07, 6.45) is 0. The van der Waals surface area contributed by atoms with Crippen LogP contribution in [0.1, 0.15) is 18.2 Å². The number of benzene rings is 1. The maximum absolute atomic E-state index is 5.71. The number of nitrogens with two attached hydrogens (primary N) is 1. The zero-order valence-electron chi connectivity index (χ0n) is 11.0. The van der Waals surface area contributed by atoms with Crippen LogP contribution < -0.4 is 10.6 Å². The average molecular weight is 242 g/mol. The molecule has 2 rings (SSSR count). The number of aryl methyl sites for hydroxylation is 2. The SMILES string of the molecule is CCN(c1cccc(C)c1)c1cc(C)nc(N)n1. The maximum Gasteiger partial charge on any atom is 0.222 e. The van der Waals surface area contributed by atoms with Gasteiger partial charge in [-0.2, -0.15) is 4.98 Å². The van der Waals surface area contributed by atoms with E-state index in [1.807, 2.05) is 19.1 Å². The van der Waals surface area contributed by atoms with Crippen LogP contribution in [0.3, 0.4) is 0 Å². The molecule has 0 aliphatic heterocycles. The van der Waals surface area contributed by atoms with E-state index in [9.17, 15) is 0 Å². The Labute approximate surface area is 107 Å². The minimum Gasteiger partial charge on any atom is -0.368 e. The topological polar surface area (TPSA) is 55.0 Å². The molecule has 1 heterocycles. The van der Waals surface area contributed by atoms with Crippen LogP contribution in [0.4, 0.5) is 17.5 Å². The normalized spacial score (nSPS) is 10.4. The van der Waals surface area contributed by atoms with E-state index in [1.165, 1.54) is 5.56 Å². The molecule has 2 aromatic rings. The number of hydrogen-bond acceptors (Lipinski definition) is 4. The smallest absolute Gasteiger partial charge is 0.222 e. The lowest BCUT2D eigenvalue weighted by Gasteiger charge is -2.22. The van der Waals surface area contributed by atoms with E-state index in [1.54, 1.807) is 0 Å². The Bertz CT molecular complexity index is 531. The van der Waals surface area contributed by atoms with Crippen LogP contribution >= 0.6 is 0 Å². The first-order valence-corrected chi connectivity index (χ1v) is 6.05. The molecule has 0 bridgehead atoms. The fraction of sp³-hybridized carbons (Fsp3) is 0.286. The first kappa shape index (κ1) is 12.4. The van der Waals surface area contributed by atoms with Crippen molar-refractivity contribution in [1.82, 2.24) is 9.97 Å². The molecular weight excluding hydrogens is 224 g/mol. The molecule has 18 heavy (non-hydrogen) atoms. The highest BCUT2D eigenvalue weighted by atomic mass is 15.2. The van der Waals surface area contributed by atoms with Crippen LogP contribution in [0.25, 0.3) is 0 Å². The molecule has 2 N–H and O–H groups in total. The van der Waals surface area contributed by atoms with Crippen molar-refractivity contribution in [3.05, 3.63) is 41.6 Å². The van der Waals surface area contributed by atoms with Crippen LogP contribution in [-0.2, 0) is 0 Å². The van der Waals surface area contributed by atoms with Crippen molar-refractivity contribution in [2.75, 3.05) is 17.2 Å². The second-order valence-electron chi connectivity index (χ2n) is 4.31. The number of aromatic nitrogens is 2. The van der Waals surface area contributed by atoms with Gasteiger partial charge >= 0.3 is 0 Å². The molecular formula is C14H18N4. The molecule has 0 fully saturated rings. The molecule has 94 valence electrons. The quantitative estimate of drug-likeness (QED) is 0.899. The van der Waals surface area contributed by atoms with Gasteiger partial charge in [-0.1, -0.05) is 12.1 Å². The summed E-state index contributed by atoms with van der Waals surface area (Å²) in [5.74, 6) is 1.16. The number of nitrogens with zero attached hydrogens (tertiary/aromatic N) is 3. The van der Waals surface area contributed by atoms with Crippen LogP contribution in [-0.4, -0.2) is 16.5 Å². The van der Waals surface area contributed by atoms with E-state index in [0.717, 1.165) is 23.7 Å². The van der Waals surface area contributed by atoms with E-state index >= 15 is 0 Å². The van der Waals surface area contributed by atoms with Gasteiger partial charge in [0.2, 0.25) is 5.95 Å². The highest BCUT2D eigenvalue weighted by molar-refractivity contribution is 5.61. The standard InChI is InChI=1S/C14H18N4/c1-4-18(12-7-5-6-10(2)8-12)13-9-11(3)16-14(15)17-13/h5-9H,4H2,1-3H3,(H2,15,16,17). The predicted octanol–water partition coefficient (Wildman–Crippen LogP) is 2.83. The van der Waals surface area contributed by atoms with Gasteiger partial charge in [-0.3, -0.25) is 0 Å². The molecule has 0 aliphatic carbocycles. The summed E-state index contributed by atoms with van der Waals surface area (Å²) in [7, 11) is 0. The van der Waals surface area contributed by atoms with E-state index in [4.69, 9.17) is 5.73 Å². The lowest BCUT2D eigenvalue weighted by molar-refractivity contribution is 0.970. The van der Waals surface area contributed by atoms with Gasteiger partial charge in [0.05, 0.1) is 0 Å². The van der Waals surface area contributed by atoms with Gasteiger partial charge in [-0.15, -0.1) is 0 Å². The third-order valence-electron chi connectivity index (χ3n) is 2.76. The average Bonchev–Trinajstić information content (AvgIpc) is 2.28. The molecule has 0 spiro atoms. The minimum atomic E-state index is 0.316. The van der Waals surface area contributed by atoms with Crippen molar-refractivity contribution in [2.24, 2.45) is 0 Å². The third-order valence-corrected chi connectivity index (χ3v) is 2.76. The molecule has 0 unspecified atom stereocenters. The number of anilines is 3. The Kier molecular flexibility index (Phi) is 3.46. The molecule has 0 atom stereocenters. The van der Waals surface area contributed by atoms with E-state index < -0.39 is 0 Å². The lowest BCUT2D eigenvalue weighted by atomic mass is 10.2. The minimum absolute atomic E-state index is 0.316. The van der Waals surface area contributed by atoms with Crippen molar-refractivity contribution in [2.45, 2.75) is 20.8 Å². The summed E-state index contributed by atoms with van der Waals surface area (Å²) in [4.78, 5) is 10.5. The number of nitrogen functional groups attached to an aromatic ring is 1.